The van der Waals surface area contributed by atoms with Crippen LogP contribution in [0.5, 0.6) is 0 Å². The Hall–Kier alpha value is -3.33. The molecular formula is C21H22FN5O3. The minimum Gasteiger partial charge on any atom is -0.367 e. The van der Waals surface area contributed by atoms with Crippen molar-refractivity contribution in [2.75, 3.05) is 18.4 Å². The van der Waals surface area contributed by atoms with Crippen molar-refractivity contribution in [3.8, 4) is 11.4 Å². The van der Waals surface area contributed by atoms with Gasteiger partial charge in [0.2, 0.25) is 5.82 Å². The Balaban J connectivity index is 1.31. The van der Waals surface area contributed by atoms with E-state index in [9.17, 15) is 9.18 Å². The molecule has 2 aromatic heterocycles. The highest BCUT2D eigenvalue weighted by Gasteiger charge is 2.25. The summed E-state index contributed by atoms with van der Waals surface area (Å²) in [6.07, 6.45) is 4.82. The molecule has 0 spiro atoms. The largest absolute Gasteiger partial charge is 0.367 e. The Bertz CT molecular complexity index is 1010. The van der Waals surface area contributed by atoms with Gasteiger partial charge in [0.25, 0.3) is 5.89 Å². The molecule has 0 radical (unpaired) electrons. The smallest absolute Gasteiger partial charge is 0.321 e. The van der Waals surface area contributed by atoms with Crippen molar-refractivity contribution in [3.05, 3.63) is 60.0 Å². The van der Waals surface area contributed by atoms with E-state index in [4.69, 9.17) is 9.26 Å². The van der Waals surface area contributed by atoms with Crippen molar-refractivity contribution in [1.82, 2.24) is 20.0 Å². The number of nitrogens with zero attached hydrogens (tertiary/aromatic N) is 4. The number of piperidine rings is 1. The van der Waals surface area contributed by atoms with E-state index in [1.807, 2.05) is 0 Å². The lowest BCUT2D eigenvalue weighted by Gasteiger charge is -2.32. The third kappa shape index (κ3) is 4.62. The number of pyridine rings is 1. The fourth-order valence-electron chi connectivity index (χ4n) is 3.32. The number of likely N-dealkylation sites (tertiary alicyclic amines) is 1. The number of hydrogen-bond acceptors (Lipinski definition) is 6. The zero-order valence-electron chi connectivity index (χ0n) is 16.5. The number of ether oxygens (including phenoxy) is 1. The molecule has 1 N–H and O–H groups in total. The first-order valence-electron chi connectivity index (χ1n) is 9.76. The van der Waals surface area contributed by atoms with E-state index >= 15 is 0 Å². The second-order valence-electron chi connectivity index (χ2n) is 7.11. The number of benzene rings is 1. The molecule has 2 amide bonds. The molecule has 3 aromatic rings. The van der Waals surface area contributed by atoms with Crippen LogP contribution in [0.15, 0.2) is 47.2 Å². The maximum atomic E-state index is 13.7. The molecule has 8 nitrogen and oxygen atoms in total. The van der Waals surface area contributed by atoms with E-state index in [1.165, 1.54) is 6.07 Å². The lowest BCUT2D eigenvalue weighted by Crippen LogP contribution is -2.45. The summed E-state index contributed by atoms with van der Waals surface area (Å²) in [5.74, 6) is 0.503. The minimum absolute atomic E-state index is 0.144. The van der Waals surface area contributed by atoms with Crippen LogP contribution in [0, 0.1) is 12.7 Å². The first-order valence-corrected chi connectivity index (χ1v) is 9.76. The van der Waals surface area contributed by atoms with E-state index in [-0.39, 0.29) is 24.6 Å². The normalized spacial score (nSPS) is 16.5. The van der Waals surface area contributed by atoms with Gasteiger partial charge in [0.15, 0.2) is 0 Å². The number of carbonyl (C=O) groups is 1. The fourth-order valence-corrected chi connectivity index (χ4v) is 3.32. The molecule has 0 saturated carbocycles. The quantitative estimate of drug-likeness (QED) is 0.687. The van der Waals surface area contributed by atoms with Crippen LogP contribution in [0.3, 0.4) is 0 Å². The fraction of sp³-hybridized carbons (Fsp3) is 0.333. The van der Waals surface area contributed by atoms with E-state index in [1.54, 1.807) is 48.5 Å². The Morgan fingerprint density at radius 3 is 3.00 bits per heavy atom. The summed E-state index contributed by atoms with van der Waals surface area (Å²) < 4.78 is 24.9. The molecular weight excluding hydrogens is 389 g/mol. The highest BCUT2D eigenvalue weighted by atomic mass is 19.1. The van der Waals surface area contributed by atoms with Crippen LogP contribution in [0.2, 0.25) is 0 Å². The standard InChI is InChI=1S/C21H22FN5O3/c1-14-17(22)5-2-6-18(14)24-21(28)27-11-3-4-16(12-27)29-13-19-25-20(26-30-19)15-7-9-23-10-8-15/h2,5-10,16H,3-4,11-13H2,1H3,(H,24,28). The van der Waals surface area contributed by atoms with Crippen molar-refractivity contribution in [3.63, 3.8) is 0 Å². The van der Waals surface area contributed by atoms with Crippen LogP contribution in [-0.4, -0.2) is 45.2 Å². The lowest BCUT2D eigenvalue weighted by molar-refractivity contribution is -0.00916. The maximum Gasteiger partial charge on any atom is 0.321 e. The molecule has 1 atom stereocenters. The van der Waals surface area contributed by atoms with Gasteiger partial charge in [-0.05, 0) is 44.0 Å². The van der Waals surface area contributed by atoms with Gasteiger partial charge in [0, 0.05) is 42.3 Å². The van der Waals surface area contributed by atoms with Gasteiger partial charge in [-0.3, -0.25) is 4.98 Å². The molecule has 30 heavy (non-hydrogen) atoms. The van der Waals surface area contributed by atoms with Crippen molar-refractivity contribution < 1.29 is 18.4 Å². The molecule has 156 valence electrons. The van der Waals surface area contributed by atoms with Gasteiger partial charge in [0.1, 0.15) is 12.4 Å². The number of halogens is 1. The summed E-state index contributed by atoms with van der Waals surface area (Å²) in [5, 5.41) is 6.74. The molecule has 1 aliphatic rings. The zero-order valence-corrected chi connectivity index (χ0v) is 16.5. The van der Waals surface area contributed by atoms with Gasteiger partial charge in [-0.25, -0.2) is 9.18 Å². The number of nitrogens with one attached hydrogen (secondary N) is 1. The summed E-state index contributed by atoms with van der Waals surface area (Å²) in [6.45, 7) is 2.86. The topological polar surface area (TPSA) is 93.4 Å². The molecule has 1 fully saturated rings. The van der Waals surface area contributed by atoms with Crippen LogP contribution in [0.4, 0.5) is 14.9 Å². The molecule has 9 heteroatoms. The Morgan fingerprint density at radius 2 is 2.17 bits per heavy atom. The van der Waals surface area contributed by atoms with Gasteiger partial charge in [-0.15, -0.1) is 0 Å². The van der Waals surface area contributed by atoms with E-state index in [0.717, 1.165) is 18.4 Å². The molecule has 0 bridgehead atoms. The van der Waals surface area contributed by atoms with Crippen LogP contribution in [-0.2, 0) is 11.3 Å². The third-order valence-electron chi connectivity index (χ3n) is 5.02. The van der Waals surface area contributed by atoms with Gasteiger partial charge in [0.05, 0.1) is 6.10 Å². The second kappa shape index (κ2) is 9.00. The second-order valence-corrected chi connectivity index (χ2v) is 7.11. The van der Waals surface area contributed by atoms with Crippen LogP contribution in [0.1, 0.15) is 24.3 Å². The molecule has 3 heterocycles. The Labute approximate surface area is 173 Å². The number of carbonyl (C=O) groups excluding carboxylic acids is 1. The van der Waals surface area contributed by atoms with E-state index in [2.05, 4.69) is 20.4 Å². The van der Waals surface area contributed by atoms with Gasteiger partial charge in [-0.2, -0.15) is 4.98 Å². The lowest BCUT2D eigenvalue weighted by atomic mass is 10.1. The maximum absolute atomic E-state index is 13.7. The highest BCUT2D eigenvalue weighted by Crippen LogP contribution is 2.21. The van der Waals surface area contributed by atoms with Crippen LogP contribution in [0.25, 0.3) is 11.4 Å². The van der Waals surface area contributed by atoms with Gasteiger partial charge >= 0.3 is 6.03 Å². The van der Waals surface area contributed by atoms with Gasteiger partial charge < -0.3 is 19.5 Å². The molecule has 1 aliphatic heterocycles. The number of anilines is 1. The number of aromatic nitrogens is 3. The average Bonchev–Trinajstić information content (AvgIpc) is 3.25. The summed E-state index contributed by atoms with van der Waals surface area (Å²) in [4.78, 5) is 22.6. The van der Waals surface area contributed by atoms with Crippen molar-refractivity contribution in [2.24, 2.45) is 0 Å². The molecule has 1 saturated heterocycles. The number of urea groups is 1. The SMILES string of the molecule is Cc1c(F)cccc1NC(=O)N1CCCC(OCc2nc(-c3ccncc3)no2)C1. The zero-order chi connectivity index (χ0) is 20.9. The van der Waals surface area contributed by atoms with Crippen LogP contribution >= 0.6 is 0 Å². The third-order valence-corrected chi connectivity index (χ3v) is 5.02. The van der Waals surface area contributed by atoms with Crippen molar-refractivity contribution in [2.45, 2.75) is 32.5 Å². The first-order chi connectivity index (χ1) is 14.6. The summed E-state index contributed by atoms with van der Waals surface area (Å²) in [7, 11) is 0. The van der Waals surface area contributed by atoms with Gasteiger partial charge in [-0.1, -0.05) is 11.2 Å². The predicted octanol–water partition coefficient (Wildman–Crippen LogP) is 3.79. The summed E-state index contributed by atoms with van der Waals surface area (Å²) in [6, 6.07) is 7.96. The molecule has 4 rings (SSSR count). The number of rotatable bonds is 5. The predicted molar refractivity (Wildman–Crippen MR) is 107 cm³/mol. The summed E-state index contributed by atoms with van der Waals surface area (Å²) in [5.41, 5.74) is 1.70. The Kier molecular flexibility index (Phi) is 5.99. The van der Waals surface area contributed by atoms with E-state index in [0.29, 0.717) is 36.1 Å². The number of hydrogen-bond donors (Lipinski definition) is 1. The van der Waals surface area contributed by atoms with Crippen molar-refractivity contribution in [1.29, 1.82) is 0 Å². The highest BCUT2D eigenvalue weighted by molar-refractivity contribution is 5.90. The van der Waals surface area contributed by atoms with Crippen LogP contribution < -0.4 is 5.32 Å². The molecule has 0 aliphatic carbocycles. The average molecular weight is 411 g/mol. The van der Waals surface area contributed by atoms with E-state index < -0.39 is 0 Å². The monoisotopic (exact) mass is 411 g/mol. The number of amides is 2. The molecule has 1 aromatic carbocycles. The Morgan fingerprint density at radius 1 is 1.33 bits per heavy atom. The molecule has 1 unspecified atom stereocenters. The van der Waals surface area contributed by atoms with Crippen molar-refractivity contribution >= 4 is 11.7 Å². The first kappa shape index (κ1) is 20.0. The summed E-state index contributed by atoms with van der Waals surface area (Å²) >= 11 is 0. The minimum atomic E-state index is -0.349.